The number of sulfonamides is 1. The number of fused-ring (bicyclic) bond motifs is 1. The van der Waals surface area contributed by atoms with E-state index in [9.17, 15) is 13.2 Å². The average Bonchev–Trinajstić information content (AvgIpc) is 2.96. The van der Waals surface area contributed by atoms with Gasteiger partial charge in [-0.3, -0.25) is 14.1 Å². The molecule has 0 atom stereocenters. The van der Waals surface area contributed by atoms with Crippen molar-refractivity contribution in [2.75, 3.05) is 16.2 Å². The summed E-state index contributed by atoms with van der Waals surface area (Å²) in [5, 5.41) is 3.47. The first kappa shape index (κ1) is 22.9. The third kappa shape index (κ3) is 4.57. The van der Waals surface area contributed by atoms with Crippen molar-refractivity contribution in [2.24, 2.45) is 0 Å². The van der Waals surface area contributed by atoms with E-state index in [1.807, 2.05) is 0 Å². The van der Waals surface area contributed by atoms with Gasteiger partial charge >= 0.3 is 0 Å². The number of halogens is 3. The zero-order valence-electron chi connectivity index (χ0n) is 16.7. The summed E-state index contributed by atoms with van der Waals surface area (Å²) in [6, 6.07) is 12.5. The molecule has 1 amide bonds. The van der Waals surface area contributed by atoms with Gasteiger partial charge in [-0.1, -0.05) is 46.9 Å². The molecule has 32 heavy (non-hydrogen) atoms. The van der Waals surface area contributed by atoms with Crippen LogP contribution in [0, 0.1) is 0 Å². The van der Waals surface area contributed by atoms with Gasteiger partial charge in [-0.15, -0.1) is 0 Å². The minimum absolute atomic E-state index is 0.0927. The van der Waals surface area contributed by atoms with Crippen LogP contribution in [0.25, 0.3) is 0 Å². The molecule has 10 heteroatoms. The Morgan fingerprint density at radius 1 is 1.00 bits per heavy atom. The molecule has 166 valence electrons. The molecule has 0 fully saturated rings. The Morgan fingerprint density at radius 3 is 2.44 bits per heavy atom. The van der Waals surface area contributed by atoms with Crippen LogP contribution in [0.4, 0.5) is 11.4 Å². The predicted molar refractivity (Wildman–Crippen MR) is 128 cm³/mol. The quantitative estimate of drug-likeness (QED) is 0.479. The summed E-state index contributed by atoms with van der Waals surface area (Å²) in [5.74, 6) is -0.514. The molecule has 0 bridgehead atoms. The predicted octanol–water partition coefficient (Wildman–Crippen LogP) is 5.83. The summed E-state index contributed by atoms with van der Waals surface area (Å²) < 4.78 is 28.2. The van der Waals surface area contributed by atoms with E-state index in [4.69, 9.17) is 34.8 Å². The fourth-order valence-corrected chi connectivity index (χ4v) is 5.93. The van der Waals surface area contributed by atoms with Crippen molar-refractivity contribution in [3.8, 4) is 0 Å². The Labute approximate surface area is 201 Å². The van der Waals surface area contributed by atoms with Gasteiger partial charge in [0.1, 0.15) is 0 Å². The first-order valence-corrected chi connectivity index (χ1v) is 12.4. The van der Waals surface area contributed by atoms with Crippen LogP contribution in [0.15, 0.2) is 59.6 Å². The van der Waals surface area contributed by atoms with Gasteiger partial charge in [0.2, 0.25) is 0 Å². The van der Waals surface area contributed by atoms with E-state index < -0.39 is 15.9 Å². The minimum Gasteiger partial charge on any atom is -0.320 e. The lowest BCUT2D eigenvalue weighted by Crippen LogP contribution is -2.32. The standard InChI is InChI=1S/C22H18Cl3N3O3S/c23-14-5-3-6-16(11-14)32(30,31)28-10-2-1-9-19-20(28)12-15(13-26-19)27-22(29)21-17(24)7-4-8-18(21)25/h3-8,11-13H,1-2,9-10H2,(H,27,29). The molecular weight excluding hydrogens is 493 g/mol. The SMILES string of the molecule is O=C(Nc1cnc2c(c1)N(S(=O)(=O)c1cccc(Cl)c1)CCCC2)c1c(Cl)cccc1Cl. The summed E-state index contributed by atoms with van der Waals surface area (Å²) in [6.45, 7) is 0.289. The molecule has 0 saturated heterocycles. The molecular formula is C22H18Cl3N3O3S. The maximum Gasteiger partial charge on any atom is 0.264 e. The van der Waals surface area contributed by atoms with E-state index in [2.05, 4.69) is 10.3 Å². The summed E-state index contributed by atoms with van der Waals surface area (Å²) in [5.41, 5.74) is 1.53. The Hall–Kier alpha value is -2.32. The largest absolute Gasteiger partial charge is 0.320 e. The van der Waals surface area contributed by atoms with Gasteiger partial charge in [-0.25, -0.2) is 8.42 Å². The number of anilines is 2. The van der Waals surface area contributed by atoms with Crippen molar-refractivity contribution in [1.82, 2.24) is 4.98 Å². The molecule has 6 nitrogen and oxygen atoms in total. The van der Waals surface area contributed by atoms with Gasteiger partial charge < -0.3 is 5.32 Å². The second-order valence-electron chi connectivity index (χ2n) is 7.23. The number of nitrogens with zero attached hydrogens (tertiary/aromatic N) is 2. The molecule has 0 aliphatic carbocycles. The zero-order valence-corrected chi connectivity index (χ0v) is 19.8. The molecule has 1 aromatic heterocycles. The lowest BCUT2D eigenvalue weighted by molar-refractivity contribution is 0.102. The maximum absolute atomic E-state index is 13.4. The topological polar surface area (TPSA) is 79.4 Å². The summed E-state index contributed by atoms with van der Waals surface area (Å²) in [6.07, 6.45) is 3.59. The van der Waals surface area contributed by atoms with Crippen molar-refractivity contribution in [3.63, 3.8) is 0 Å². The normalized spacial score (nSPS) is 13.9. The van der Waals surface area contributed by atoms with Gasteiger partial charge in [-0.2, -0.15) is 0 Å². The van der Waals surface area contributed by atoms with Crippen LogP contribution in [0.1, 0.15) is 28.9 Å². The van der Waals surface area contributed by atoms with Crippen molar-refractivity contribution < 1.29 is 13.2 Å². The fourth-order valence-electron chi connectivity index (χ4n) is 3.54. The van der Waals surface area contributed by atoms with E-state index in [1.54, 1.807) is 36.4 Å². The van der Waals surface area contributed by atoms with Gasteiger partial charge in [0.15, 0.2) is 0 Å². The number of carbonyl (C=O) groups excluding carboxylic acids is 1. The number of rotatable bonds is 4. The highest BCUT2D eigenvalue weighted by Gasteiger charge is 2.29. The zero-order chi connectivity index (χ0) is 22.9. The second-order valence-corrected chi connectivity index (χ2v) is 10.3. The van der Waals surface area contributed by atoms with Crippen LogP contribution < -0.4 is 9.62 Å². The lowest BCUT2D eigenvalue weighted by atomic mass is 10.1. The third-order valence-corrected chi connectivity index (χ3v) is 7.75. The van der Waals surface area contributed by atoms with Gasteiger partial charge in [0, 0.05) is 11.6 Å². The molecule has 3 aromatic rings. The Bertz CT molecular complexity index is 1280. The number of hydrogen-bond donors (Lipinski definition) is 1. The molecule has 0 unspecified atom stereocenters. The maximum atomic E-state index is 13.4. The Balaban J connectivity index is 1.72. The fraction of sp³-hybridized carbons (Fsp3) is 0.182. The molecule has 2 heterocycles. The summed E-state index contributed by atoms with van der Waals surface area (Å²) >= 11 is 18.3. The van der Waals surface area contributed by atoms with Crippen molar-refractivity contribution >= 4 is 62.1 Å². The van der Waals surface area contributed by atoms with Crippen LogP contribution in [0.3, 0.4) is 0 Å². The van der Waals surface area contributed by atoms with E-state index in [1.165, 1.54) is 22.6 Å². The monoisotopic (exact) mass is 509 g/mol. The lowest BCUT2D eigenvalue weighted by Gasteiger charge is -2.25. The highest BCUT2D eigenvalue weighted by Crippen LogP contribution is 2.33. The first-order chi connectivity index (χ1) is 15.3. The molecule has 0 saturated carbocycles. The molecule has 1 N–H and O–H groups in total. The van der Waals surface area contributed by atoms with E-state index in [-0.39, 0.29) is 27.0 Å². The summed E-state index contributed by atoms with van der Waals surface area (Å²) in [7, 11) is -3.88. The van der Waals surface area contributed by atoms with Crippen LogP contribution >= 0.6 is 34.8 Å². The second kappa shape index (κ2) is 9.27. The van der Waals surface area contributed by atoms with Crippen LogP contribution in [0.5, 0.6) is 0 Å². The van der Waals surface area contributed by atoms with Gasteiger partial charge in [0.25, 0.3) is 15.9 Å². The molecule has 1 aliphatic rings. The molecule has 2 aromatic carbocycles. The van der Waals surface area contributed by atoms with Crippen LogP contribution in [0.2, 0.25) is 15.1 Å². The van der Waals surface area contributed by atoms with Crippen LogP contribution in [-0.2, 0) is 16.4 Å². The third-order valence-electron chi connectivity index (χ3n) is 5.07. The molecule has 0 spiro atoms. The number of carbonyl (C=O) groups is 1. The number of benzene rings is 2. The molecule has 1 aliphatic heterocycles. The van der Waals surface area contributed by atoms with E-state index in [0.29, 0.717) is 34.9 Å². The minimum atomic E-state index is -3.88. The summed E-state index contributed by atoms with van der Waals surface area (Å²) in [4.78, 5) is 17.3. The van der Waals surface area contributed by atoms with E-state index in [0.717, 1.165) is 6.42 Å². The number of pyridine rings is 1. The van der Waals surface area contributed by atoms with Crippen LogP contribution in [-0.4, -0.2) is 25.9 Å². The van der Waals surface area contributed by atoms with Gasteiger partial charge in [-0.05, 0) is 55.7 Å². The number of amides is 1. The van der Waals surface area contributed by atoms with E-state index >= 15 is 0 Å². The van der Waals surface area contributed by atoms with Crippen molar-refractivity contribution in [3.05, 3.63) is 81.1 Å². The molecule has 4 rings (SSSR count). The highest BCUT2D eigenvalue weighted by molar-refractivity contribution is 7.92. The average molecular weight is 511 g/mol. The number of hydrogen-bond acceptors (Lipinski definition) is 4. The number of aryl methyl sites for hydroxylation is 1. The smallest absolute Gasteiger partial charge is 0.264 e. The highest BCUT2D eigenvalue weighted by atomic mass is 35.5. The first-order valence-electron chi connectivity index (χ1n) is 9.80. The number of nitrogens with one attached hydrogen (secondary N) is 1. The van der Waals surface area contributed by atoms with Crippen molar-refractivity contribution in [1.29, 1.82) is 0 Å². The van der Waals surface area contributed by atoms with Gasteiger partial charge in [0.05, 0.1) is 43.8 Å². The van der Waals surface area contributed by atoms with Crippen molar-refractivity contribution in [2.45, 2.75) is 24.2 Å². The molecule has 0 radical (unpaired) electrons. The Morgan fingerprint density at radius 2 is 1.72 bits per heavy atom. The Kier molecular flexibility index (Phi) is 6.62. The number of aromatic nitrogens is 1.